The molecule has 2 aromatic heterocycles. The molecule has 4 aromatic rings. The number of carbonyl (C=O) groups excluding carboxylic acids is 1. The maximum absolute atomic E-state index is 13.1. The molecule has 0 fully saturated rings. The van der Waals surface area contributed by atoms with Crippen LogP contribution < -0.4 is 5.69 Å². The van der Waals surface area contributed by atoms with Gasteiger partial charge in [-0.3, -0.25) is 9.36 Å². The quantitative estimate of drug-likeness (QED) is 0.249. The first-order valence-corrected chi connectivity index (χ1v) is 13.3. The molecule has 0 spiro atoms. The Hall–Kier alpha value is -3.88. The van der Waals surface area contributed by atoms with Gasteiger partial charge in [0.25, 0.3) is 5.91 Å². The Kier molecular flexibility index (Phi) is 9.13. The van der Waals surface area contributed by atoms with Crippen LogP contribution in [-0.2, 0) is 13.0 Å². The van der Waals surface area contributed by atoms with Gasteiger partial charge in [0, 0.05) is 18.4 Å². The van der Waals surface area contributed by atoms with Crippen LogP contribution in [-0.4, -0.2) is 40.9 Å². The molecule has 1 N–H and O–H groups in total. The fourth-order valence-electron chi connectivity index (χ4n) is 4.43. The number of unbranched alkanes of at least 4 members (excludes halogenated alkanes) is 5. The first kappa shape index (κ1) is 26.2. The molecule has 0 aliphatic rings. The van der Waals surface area contributed by atoms with Crippen LogP contribution in [0.4, 0.5) is 0 Å². The van der Waals surface area contributed by atoms with Crippen molar-refractivity contribution in [1.82, 2.24) is 35.0 Å². The van der Waals surface area contributed by atoms with Gasteiger partial charge in [-0.25, -0.2) is 4.79 Å². The fourth-order valence-corrected chi connectivity index (χ4v) is 4.43. The number of hydrogen-bond acceptors (Lipinski definition) is 6. The van der Waals surface area contributed by atoms with E-state index in [1.54, 1.807) is 4.57 Å². The van der Waals surface area contributed by atoms with E-state index in [0.29, 0.717) is 37.5 Å². The van der Waals surface area contributed by atoms with Crippen LogP contribution in [0.15, 0.2) is 53.3 Å². The van der Waals surface area contributed by atoms with Crippen molar-refractivity contribution in [2.75, 3.05) is 0 Å². The number of nitrogens with one attached hydrogen (secondary N) is 1. The van der Waals surface area contributed by atoms with Crippen molar-refractivity contribution in [2.24, 2.45) is 0 Å². The molecule has 0 saturated carbocycles. The minimum Gasteiger partial charge on any atom is -0.274 e. The number of aromatic nitrogens is 7. The molecule has 0 aliphatic carbocycles. The van der Waals surface area contributed by atoms with Crippen molar-refractivity contribution in [3.63, 3.8) is 0 Å². The third-order valence-electron chi connectivity index (χ3n) is 6.49. The van der Waals surface area contributed by atoms with Gasteiger partial charge < -0.3 is 0 Å². The van der Waals surface area contributed by atoms with Gasteiger partial charge in [0.1, 0.15) is 5.82 Å². The van der Waals surface area contributed by atoms with E-state index < -0.39 is 0 Å². The molecule has 9 nitrogen and oxygen atoms in total. The molecule has 0 unspecified atom stereocenters. The Bertz CT molecular complexity index is 1340. The Balaban J connectivity index is 1.51. The van der Waals surface area contributed by atoms with Crippen LogP contribution in [0.1, 0.15) is 81.4 Å². The van der Waals surface area contributed by atoms with E-state index in [2.05, 4.69) is 32.6 Å². The predicted octanol–water partition coefficient (Wildman–Crippen LogP) is 5.28. The van der Waals surface area contributed by atoms with Gasteiger partial charge in [0.05, 0.1) is 6.54 Å². The second-order valence-corrected chi connectivity index (χ2v) is 9.37. The molecule has 4 rings (SSSR count). The molecular weight excluding hydrogens is 466 g/mol. The van der Waals surface area contributed by atoms with Gasteiger partial charge in [-0.15, -0.1) is 20.0 Å². The molecule has 2 aromatic carbocycles. The molecule has 0 bridgehead atoms. The summed E-state index contributed by atoms with van der Waals surface area (Å²) in [5.41, 5.74) is 3.59. The van der Waals surface area contributed by atoms with Gasteiger partial charge in [-0.05, 0) is 40.8 Å². The zero-order valence-electron chi connectivity index (χ0n) is 21.7. The van der Waals surface area contributed by atoms with Crippen molar-refractivity contribution >= 4 is 5.91 Å². The molecule has 2 heterocycles. The lowest BCUT2D eigenvalue weighted by atomic mass is 10.0. The topological polar surface area (TPSA) is 111 Å². The van der Waals surface area contributed by atoms with E-state index in [9.17, 15) is 9.59 Å². The number of aromatic amines is 1. The summed E-state index contributed by atoms with van der Waals surface area (Å²) >= 11 is 0. The molecule has 9 heteroatoms. The van der Waals surface area contributed by atoms with Crippen molar-refractivity contribution in [1.29, 1.82) is 0 Å². The van der Waals surface area contributed by atoms with Gasteiger partial charge >= 0.3 is 5.69 Å². The van der Waals surface area contributed by atoms with Crippen molar-refractivity contribution in [3.05, 3.63) is 70.4 Å². The van der Waals surface area contributed by atoms with Gasteiger partial charge in [-0.1, -0.05) is 88.4 Å². The van der Waals surface area contributed by atoms with Crippen LogP contribution in [0.5, 0.6) is 0 Å². The number of tetrazole rings is 1. The molecule has 0 saturated heterocycles. The largest absolute Gasteiger partial charge is 0.353 e. The lowest BCUT2D eigenvalue weighted by Crippen LogP contribution is -2.30. The summed E-state index contributed by atoms with van der Waals surface area (Å²) in [5.74, 6) is 0.986. The van der Waals surface area contributed by atoms with Crippen LogP contribution in [0.3, 0.4) is 0 Å². The normalized spacial score (nSPS) is 11.2. The van der Waals surface area contributed by atoms with Crippen LogP contribution in [0.2, 0.25) is 0 Å². The first-order chi connectivity index (χ1) is 18.1. The third kappa shape index (κ3) is 6.67. The number of aryl methyl sites for hydroxylation is 1. The SMILES string of the molecule is CCCCCCCCc1nn(C(=O)CCC)c(=O)n1Cc1ccc(-c2cccc(-c3nn[nH]n3)c2)cc1. The first-order valence-electron chi connectivity index (χ1n) is 13.3. The van der Waals surface area contributed by atoms with E-state index in [1.807, 2.05) is 55.5 Å². The number of benzene rings is 2. The van der Waals surface area contributed by atoms with Gasteiger partial charge in [0.15, 0.2) is 0 Å². The Morgan fingerprint density at radius 1 is 0.892 bits per heavy atom. The Morgan fingerprint density at radius 2 is 1.65 bits per heavy atom. The summed E-state index contributed by atoms with van der Waals surface area (Å²) in [5, 5.41) is 18.7. The summed E-state index contributed by atoms with van der Waals surface area (Å²) in [6.45, 7) is 4.52. The second-order valence-electron chi connectivity index (χ2n) is 9.37. The van der Waals surface area contributed by atoms with Gasteiger partial charge in [0.2, 0.25) is 5.82 Å². The summed E-state index contributed by atoms with van der Waals surface area (Å²) < 4.78 is 2.72. The molecule has 0 radical (unpaired) electrons. The number of carbonyl (C=O) groups is 1. The zero-order valence-corrected chi connectivity index (χ0v) is 21.7. The summed E-state index contributed by atoms with van der Waals surface area (Å²) in [6, 6.07) is 16.1. The highest BCUT2D eigenvalue weighted by Crippen LogP contribution is 2.24. The molecule has 37 heavy (non-hydrogen) atoms. The maximum Gasteiger partial charge on any atom is 0.353 e. The summed E-state index contributed by atoms with van der Waals surface area (Å²) in [7, 11) is 0. The van der Waals surface area contributed by atoms with Crippen molar-refractivity contribution in [2.45, 2.75) is 78.2 Å². The third-order valence-corrected chi connectivity index (χ3v) is 6.49. The molecule has 0 aliphatic heterocycles. The van der Waals surface area contributed by atoms with Crippen LogP contribution in [0, 0.1) is 0 Å². The number of rotatable bonds is 13. The minimum atomic E-state index is -0.351. The minimum absolute atomic E-state index is 0.243. The lowest BCUT2D eigenvalue weighted by molar-refractivity contribution is 0.0880. The zero-order chi connectivity index (χ0) is 26.0. The van der Waals surface area contributed by atoms with Crippen LogP contribution >= 0.6 is 0 Å². The highest BCUT2D eigenvalue weighted by molar-refractivity contribution is 5.77. The van der Waals surface area contributed by atoms with E-state index in [0.717, 1.165) is 39.8 Å². The van der Waals surface area contributed by atoms with Crippen molar-refractivity contribution < 1.29 is 4.79 Å². The number of H-pyrrole nitrogens is 1. The molecule has 0 amide bonds. The van der Waals surface area contributed by atoms with E-state index >= 15 is 0 Å². The highest BCUT2D eigenvalue weighted by atomic mass is 16.2. The van der Waals surface area contributed by atoms with Gasteiger partial charge in [-0.2, -0.15) is 5.21 Å². The van der Waals surface area contributed by atoms with Crippen LogP contribution in [0.25, 0.3) is 22.5 Å². The molecular formula is C28H35N7O2. The Morgan fingerprint density at radius 3 is 2.38 bits per heavy atom. The van der Waals surface area contributed by atoms with Crippen molar-refractivity contribution in [3.8, 4) is 22.5 Å². The van der Waals surface area contributed by atoms with E-state index in [-0.39, 0.29) is 11.6 Å². The molecule has 194 valence electrons. The molecule has 0 atom stereocenters. The van der Waals surface area contributed by atoms with E-state index in [4.69, 9.17) is 0 Å². The standard InChI is InChI=1S/C28H35N7O2/c1-3-5-6-7-8-9-14-25-31-35(26(36)11-4-2)28(37)34(25)20-21-15-17-22(18-16-21)23-12-10-13-24(19-23)27-29-32-33-30-27/h10,12-13,15-19H,3-9,11,14,20H2,1-2H3,(H,29,30,32,33). The van der Waals surface area contributed by atoms with E-state index in [1.165, 1.54) is 25.7 Å². The summed E-state index contributed by atoms with van der Waals surface area (Å²) in [4.78, 5) is 25.7. The summed E-state index contributed by atoms with van der Waals surface area (Å²) in [6.07, 6.45) is 8.62. The monoisotopic (exact) mass is 501 g/mol. The second kappa shape index (κ2) is 12.9. The number of hydrogen-bond donors (Lipinski definition) is 1. The maximum atomic E-state index is 13.1. The number of nitrogens with zero attached hydrogens (tertiary/aromatic N) is 6. The average molecular weight is 502 g/mol. The fraction of sp³-hybridized carbons (Fsp3) is 0.429. The highest BCUT2D eigenvalue weighted by Gasteiger charge is 2.18. The predicted molar refractivity (Wildman–Crippen MR) is 143 cm³/mol. The lowest BCUT2D eigenvalue weighted by Gasteiger charge is -2.08. The smallest absolute Gasteiger partial charge is 0.274 e. The average Bonchev–Trinajstić information content (AvgIpc) is 3.56. The Labute approximate surface area is 216 Å².